The minimum atomic E-state index is 0.237. The molecule has 1 aliphatic rings. The lowest BCUT2D eigenvalue weighted by Crippen LogP contribution is -2.16. The van der Waals surface area contributed by atoms with E-state index in [-0.39, 0.29) is 6.04 Å². The summed E-state index contributed by atoms with van der Waals surface area (Å²) >= 11 is 0. The van der Waals surface area contributed by atoms with E-state index in [1.165, 1.54) is 18.4 Å². The van der Waals surface area contributed by atoms with Crippen molar-refractivity contribution >= 4 is 5.82 Å². The molecule has 4 rings (SSSR count). The minimum Gasteiger partial charge on any atom is -0.497 e. The van der Waals surface area contributed by atoms with Crippen LogP contribution in [0.25, 0.3) is 11.5 Å². The van der Waals surface area contributed by atoms with Crippen LogP contribution in [-0.2, 0) is 0 Å². The molecule has 1 N–H and O–H groups in total. The van der Waals surface area contributed by atoms with E-state index in [1.807, 2.05) is 37.3 Å². The lowest BCUT2D eigenvalue weighted by atomic mass is 10.0. The van der Waals surface area contributed by atoms with Crippen LogP contribution in [0.4, 0.5) is 5.82 Å². The van der Waals surface area contributed by atoms with Gasteiger partial charge in [-0.15, -0.1) is 0 Å². The van der Waals surface area contributed by atoms with Crippen LogP contribution in [0.5, 0.6) is 5.75 Å². The van der Waals surface area contributed by atoms with Gasteiger partial charge in [0, 0.05) is 17.5 Å². The van der Waals surface area contributed by atoms with E-state index < -0.39 is 0 Å². The van der Waals surface area contributed by atoms with Crippen LogP contribution in [0.2, 0.25) is 0 Å². The van der Waals surface area contributed by atoms with E-state index in [4.69, 9.17) is 9.72 Å². The van der Waals surface area contributed by atoms with E-state index in [2.05, 4.69) is 34.3 Å². The van der Waals surface area contributed by atoms with Crippen molar-refractivity contribution < 1.29 is 4.74 Å². The van der Waals surface area contributed by atoms with Gasteiger partial charge in [0.1, 0.15) is 17.3 Å². The Morgan fingerprint density at radius 2 is 1.81 bits per heavy atom. The lowest BCUT2D eigenvalue weighted by Gasteiger charge is -2.22. The van der Waals surface area contributed by atoms with Gasteiger partial charge in [0.05, 0.1) is 13.2 Å². The van der Waals surface area contributed by atoms with Crippen molar-refractivity contribution in [2.24, 2.45) is 5.92 Å². The average molecular weight is 360 g/mol. The maximum atomic E-state index is 5.29. The molecule has 5 nitrogen and oxygen atoms in total. The van der Waals surface area contributed by atoms with Gasteiger partial charge in [0.15, 0.2) is 5.82 Å². The molecular weight excluding hydrogens is 336 g/mol. The number of ether oxygens (including phenoxy) is 1. The normalized spacial score (nSPS) is 14.6. The van der Waals surface area contributed by atoms with Crippen molar-refractivity contribution in [2.45, 2.75) is 32.7 Å². The summed E-state index contributed by atoms with van der Waals surface area (Å²) in [4.78, 5) is 13.8. The quantitative estimate of drug-likeness (QED) is 0.689. The Balaban J connectivity index is 1.67. The fraction of sp³-hybridized carbons (Fsp3) is 0.318. The number of hydrogen-bond acceptors (Lipinski definition) is 5. The number of aromatic nitrogens is 3. The van der Waals surface area contributed by atoms with Gasteiger partial charge >= 0.3 is 0 Å². The Kier molecular flexibility index (Phi) is 4.75. The summed E-state index contributed by atoms with van der Waals surface area (Å²) in [6, 6.07) is 14.3. The molecule has 1 unspecified atom stereocenters. The molecule has 1 fully saturated rings. The van der Waals surface area contributed by atoms with Crippen molar-refractivity contribution in [1.29, 1.82) is 0 Å². The van der Waals surface area contributed by atoms with Crippen molar-refractivity contribution in [3.63, 3.8) is 0 Å². The van der Waals surface area contributed by atoms with Gasteiger partial charge < -0.3 is 10.1 Å². The molecule has 0 amide bonds. The van der Waals surface area contributed by atoms with E-state index in [0.29, 0.717) is 11.7 Å². The number of benzene rings is 1. The van der Waals surface area contributed by atoms with Gasteiger partial charge in [0.2, 0.25) is 0 Å². The highest BCUT2D eigenvalue weighted by atomic mass is 16.5. The second-order valence-electron chi connectivity index (χ2n) is 7.05. The highest BCUT2D eigenvalue weighted by Gasteiger charge is 2.33. The molecule has 0 saturated heterocycles. The average Bonchev–Trinajstić information content (AvgIpc) is 3.55. The van der Waals surface area contributed by atoms with E-state index in [0.717, 1.165) is 28.5 Å². The molecule has 0 bridgehead atoms. The first-order chi connectivity index (χ1) is 13.2. The molecule has 1 aliphatic carbocycles. The first kappa shape index (κ1) is 17.5. The van der Waals surface area contributed by atoms with Crippen LogP contribution in [0, 0.1) is 19.8 Å². The fourth-order valence-electron chi connectivity index (χ4n) is 3.24. The zero-order valence-electron chi connectivity index (χ0n) is 15.9. The van der Waals surface area contributed by atoms with E-state index in [9.17, 15) is 0 Å². The summed E-state index contributed by atoms with van der Waals surface area (Å²) in [5, 5.41) is 3.69. The van der Waals surface area contributed by atoms with Gasteiger partial charge in [-0.05, 0) is 62.4 Å². The highest BCUT2D eigenvalue weighted by molar-refractivity contribution is 5.57. The second kappa shape index (κ2) is 7.35. The van der Waals surface area contributed by atoms with Gasteiger partial charge in [-0.3, -0.25) is 4.98 Å². The molecule has 0 radical (unpaired) electrons. The van der Waals surface area contributed by atoms with Crippen LogP contribution < -0.4 is 10.1 Å². The number of hydrogen-bond donors (Lipinski definition) is 1. The van der Waals surface area contributed by atoms with Crippen LogP contribution in [0.3, 0.4) is 0 Å². The number of nitrogens with one attached hydrogen (secondary N) is 1. The second-order valence-corrected chi connectivity index (χ2v) is 7.05. The molecule has 1 aromatic carbocycles. The van der Waals surface area contributed by atoms with Gasteiger partial charge in [-0.25, -0.2) is 9.97 Å². The van der Waals surface area contributed by atoms with E-state index in [1.54, 1.807) is 13.3 Å². The maximum Gasteiger partial charge on any atom is 0.180 e. The van der Waals surface area contributed by atoms with Gasteiger partial charge in [-0.2, -0.15) is 0 Å². The van der Waals surface area contributed by atoms with Crippen molar-refractivity contribution in [3.8, 4) is 17.3 Å². The first-order valence-corrected chi connectivity index (χ1v) is 9.33. The number of methoxy groups -OCH3 is 1. The molecule has 2 aromatic heterocycles. The lowest BCUT2D eigenvalue weighted by molar-refractivity contribution is 0.414. The van der Waals surface area contributed by atoms with Crippen molar-refractivity contribution in [1.82, 2.24) is 15.0 Å². The topological polar surface area (TPSA) is 59.9 Å². The Bertz CT molecular complexity index is 921. The predicted octanol–water partition coefficient (Wildman–Crippen LogP) is 4.73. The third kappa shape index (κ3) is 3.77. The number of aryl methyl sites for hydroxylation is 1. The molecule has 1 atom stereocenters. The third-order valence-electron chi connectivity index (χ3n) is 5.14. The number of pyridine rings is 1. The standard InChI is InChI=1S/C22H24N4O/c1-14-15(2)24-22(19-6-4-5-13-23-19)26-21(14)25-20(16-7-8-16)17-9-11-18(27-3)12-10-17/h4-6,9-13,16,20H,7-8H2,1-3H3,(H,24,25,26). The number of nitrogens with zero attached hydrogens (tertiary/aromatic N) is 3. The Morgan fingerprint density at radius 1 is 1.04 bits per heavy atom. The molecule has 27 heavy (non-hydrogen) atoms. The summed E-state index contributed by atoms with van der Waals surface area (Å²) in [5.41, 5.74) is 4.09. The Hall–Kier alpha value is -2.95. The SMILES string of the molecule is COc1ccc(C(Nc2nc(-c3ccccn3)nc(C)c2C)C2CC2)cc1. The Labute approximate surface area is 159 Å². The summed E-state index contributed by atoms with van der Waals surface area (Å²) in [7, 11) is 1.69. The minimum absolute atomic E-state index is 0.237. The molecule has 0 spiro atoms. The monoisotopic (exact) mass is 360 g/mol. The highest BCUT2D eigenvalue weighted by Crippen LogP contribution is 2.43. The first-order valence-electron chi connectivity index (χ1n) is 9.33. The molecule has 2 heterocycles. The van der Waals surface area contributed by atoms with E-state index >= 15 is 0 Å². The molecule has 5 heteroatoms. The zero-order chi connectivity index (χ0) is 18.8. The van der Waals surface area contributed by atoms with Crippen LogP contribution in [-0.4, -0.2) is 22.1 Å². The van der Waals surface area contributed by atoms with Gasteiger partial charge in [0.25, 0.3) is 0 Å². The summed E-state index contributed by atoms with van der Waals surface area (Å²) in [6.07, 6.45) is 4.24. The fourth-order valence-corrected chi connectivity index (χ4v) is 3.24. The van der Waals surface area contributed by atoms with Gasteiger partial charge in [-0.1, -0.05) is 18.2 Å². The number of rotatable bonds is 6. The summed E-state index contributed by atoms with van der Waals surface area (Å²) in [6.45, 7) is 4.09. The van der Waals surface area contributed by atoms with Crippen LogP contribution >= 0.6 is 0 Å². The predicted molar refractivity (Wildman–Crippen MR) is 107 cm³/mol. The van der Waals surface area contributed by atoms with Crippen molar-refractivity contribution in [3.05, 3.63) is 65.5 Å². The largest absolute Gasteiger partial charge is 0.497 e. The molecule has 0 aliphatic heterocycles. The van der Waals surface area contributed by atoms with Crippen molar-refractivity contribution in [2.75, 3.05) is 12.4 Å². The third-order valence-corrected chi connectivity index (χ3v) is 5.14. The smallest absolute Gasteiger partial charge is 0.180 e. The maximum absolute atomic E-state index is 5.29. The van der Waals surface area contributed by atoms with Crippen LogP contribution in [0.15, 0.2) is 48.7 Å². The zero-order valence-corrected chi connectivity index (χ0v) is 15.9. The Morgan fingerprint density at radius 3 is 2.44 bits per heavy atom. The van der Waals surface area contributed by atoms with Crippen LogP contribution in [0.1, 0.15) is 35.7 Å². The number of anilines is 1. The molecule has 138 valence electrons. The molecular formula is C22H24N4O. The molecule has 1 saturated carbocycles. The summed E-state index contributed by atoms with van der Waals surface area (Å²) in [5.74, 6) is 3.05. The molecule has 3 aromatic rings. The summed E-state index contributed by atoms with van der Waals surface area (Å²) < 4.78 is 5.29.